The molecule has 3 unspecified atom stereocenters. The minimum absolute atomic E-state index is 0.111. The highest BCUT2D eigenvalue weighted by Gasteiger charge is 2.45. The number of likely N-dealkylation sites (N-methyl/N-ethyl adjacent to an activating group) is 1. The average Bonchev–Trinajstić information content (AvgIpc) is 2.83. The Labute approximate surface area is 128 Å². The number of rotatable bonds is 6. The molecule has 0 aliphatic carbocycles. The van der Waals surface area contributed by atoms with Crippen molar-refractivity contribution in [1.82, 2.24) is 5.32 Å². The molecule has 0 amide bonds. The Kier molecular flexibility index (Phi) is 5.80. The van der Waals surface area contributed by atoms with Crippen LogP contribution in [0.1, 0.15) is 47.0 Å². The molecule has 0 aromatic heterocycles. The summed E-state index contributed by atoms with van der Waals surface area (Å²) in [5.41, 5.74) is 0.0449. The predicted molar refractivity (Wildman–Crippen MR) is 86.5 cm³/mol. The van der Waals surface area contributed by atoms with Crippen LogP contribution in [0.25, 0.3) is 0 Å². The molecule has 2 aliphatic rings. The van der Waals surface area contributed by atoms with Gasteiger partial charge in [0.2, 0.25) is 0 Å². The first-order chi connectivity index (χ1) is 9.53. The van der Waals surface area contributed by atoms with Gasteiger partial charge in [-0.3, -0.25) is 0 Å². The summed E-state index contributed by atoms with van der Waals surface area (Å²) in [6, 6.07) is 0.416. The monoisotopic (exact) mass is 301 g/mol. The summed E-state index contributed by atoms with van der Waals surface area (Å²) in [7, 11) is 0. The molecular weight excluding hydrogens is 270 g/mol. The van der Waals surface area contributed by atoms with E-state index >= 15 is 0 Å². The summed E-state index contributed by atoms with van der Waals surface area (Å²) in [5.74, 6) is 3.09. The smallest absolute Gasteiger partial charge is 0.0783 e. The molecule has 20 heavy (non-hydrogen) atoms. The van der Waals surface area contributed by atoms with Gasteiger partial charge in [-0.15, -0.1) is 0 Å². The Morgan fingerprint density at radius 3 is 2.85 bits per heavy atom. The lowest BCUT2D eigenvalue weighted by atomic mass is 9.76. The zero-order chi connectivity index (χ0) is 14.6. The maximum absolute atomic E-state index is 6.17. The first kappa shape index (κ1) is 16.6. The molecule has 0 saturated carbocycles. The fourth-order valence-electron chi connectivity index (χ4n) is 3.88. The number of hydrogen-bond donors (Lipinski definition) is 1. The lowest BCUT2D eigenvalue weighted by molar-refractivity contribution is -0.113. The first-order valence-corrected chi connectivity index (χ1v) is 9.27. The molecule has 0 aromatic rings. The van der Waals surface area contributed by atoms with Crippen molar-refractivity contribution in [3.05, 3.63) is 0 Å². The summed E-state index contributed by atoms with van der Waals surface area (Å²) >= 11 is 2.05. The van der Waals surface area contributed by atoms with Gasteiger partial charge in [0.25, 0.3) is 0 Å². The van der Waals surface area contributed by atoms with Crippen molar-refractivity contribution in [1.29, 1.82) is 0 Å². The van der Waals surface area contributed by atoms with Crippen molar-refractivity contribution < 1.29 is 9.47 Å². The van der Waals surface area contributed by atoms with Crippen LogP contribution in [0.3, 0.4) is 0 Å². The zero-order valence-electron chi connectivity index (χ0n) is 13.5. The van der Waals surface area contributed by atoms with Gasteiger partial charge in [-0.1, -0.05) is 6.92 Å². The molecule has 1 spiro atoms. The van der Waals surface area contributed by atoms with Crippen molar-refractivity contribution >= 4 is 11.8 Å². The van der Waals surface area contributed by atoms with Gasteiger partial charge in [0.1, 0.15) is 0 Å². The van der Waals surface area contributed by atoms with Crippen LogP contribution < -0.4 is 5.32 Å². The fraction of sp³-hybridized carbons (Fsp3) is 1.00. The van der Waals surface area contributed by atoms with E-state index in [9.17, 15) is 0 Å². The second-order valence-corrected chi connectivity index (χ2v) is 7.76. The van der Waals surface area contributed by atoms with Crippen LogP contribution in [0, 0.1) is 5.92 Å². The van der Waals surface area contributed by atoms with Gasteiger partial charge >= 0.3 is 0 Å². The van der Waals surface area contributed by atoms with Crippen molar-refractivity contribution in [2.45, 2.75) is 64.2 Å². The molecule has 1 N–H and O–H groups in total. The average molecular weight is 301 g/mol. The van der Waals surface area contributed by atoms with Crippen molar-refractivity contribution in [3.63, 3.8) is 0 Å². The normalized spacial score (nSPS) is 32.7. The van der Waals surface area contributed by atoms with Gasteiger partial charge in [-0.2, -0.15) is 11.8 Å². The highest BCUT2D eigenvalue weighted by atomic mass is 32.2. The molecule has 3 atom stereocenters. The van der Waals surface area contributed by atoms with Gasteiger partial charge in [-0.25, -0.2) is 0 Å². The molecule has 2 heterocycles. The molecule has 3 nitrogen and oxygen atoms in total. The topological polar surface area (TPSA) is 30.5 Å². The molecule has 0 aromatic carbocycles. The number of ether oxygens (including phenoxy) is 2. The quantitative estimate of drug-likeness (QED) is 0.817. The summed E-state index contributed by atoms with van der Waals surface area (Å²) in [6.45, 7) is 11.4. The molecule has 118 valence electrons. The van der Waals surface area contributed by atoms with Gasteiger partial charge in [0, 0.05) is 25.0 Å². The first-order valence-electron chi connectivity index (χ1n) is 8.12. The van der Waals surface area contributed by atoms with Gasteiger partial charge in [0.15, 0.2) is 0 Å². The van der Waals surface area contributed by atoms with E-state index in [1.54, 1.807) is 0 Å². The van der Waals surface area contributed by atoms with Crippen LogP contribution in [0.2, 0.25) is 0 Å². The Morgan fingerprint density at radius 2 is 2.25 bits per heavy atom. The van der Waals surface area contributed by atoms with Crippen LogP contribution >= 0.6 is 11.8 Å². The standard InChI is InChI=1S/C16H31NO2S/c1-5-17-14(15(3,4)18-6-2)13-7-9-19-16(11-13)8-10-20-12-16/h13-14,17H,5-12H2,1-4H3. The minimum Gasteiger partial charge on any atom is -0.374 e. The van der Waals surface area contributed by atoms with Crippen LogP contribution in [0.5, 0.6) is 0 Å². The lowest BCUT2D eigenvalue weighted by Crippen LogP contribution is -2.56. The largest absolute Gasteiger partial charge is 0.374 e. The van der Waals surface area contributed by atoms with E-state index in [1.165, 1.54) is 24.3 Å². The second kappa shape index (κ2) is 6.99. The van der Waals surface area contributed by atoms with Gasteiger partial charge in [-0.05, 0) is 58.2 Å². The summed E-state index contributed by atoms with van der Waals surface area (Å²) in [5, 5.41) is 3.70. The molecule has 2 aliphatic heterocycles. The SMILES string of the molecule is CCNC(C1CCOC2(CCSC2)C1)C(C)(C)OCC. The highest BCUT2D eigenvalue weighted by molar-refractivity contribution is 7.99. The van der Waals surface area contributed by atoms with E-state index in [2.05, 4.69) is 33.0 Å². The Bertz CT molecular complexity index is 303. The lowest BCUT2D eigenvalue weighted by Gasteiger charge is -2.46. The van der Waals surface area contributed by atoms with Crippen LogP contribution in [-0.2, 0) is 9.47 Å². The third-order valence-electron chi connectivity index (χ3n) is 4.76. The van der Waals surface area contributed by atoms with Crippen LogP contribution in [-0.4, -0.2) is 48.5 Å². The van der Waals surface area contributed by atoms with E-state index in [0.717, 1.165) is 26.2 Å². The fourth-order valence-corrected chi connectivity index (χ4v) is 5.25. The van der Waals surface area contributed by atoms with E-state index < -0.39 is 0 Å². The Hall–Kier alpha value is 0.230. The highest BCUT2D eigenvalue weighted by Crippen LogP contribution is 2.42. The van der Waals surface area contributed by atoms with Crippen LogP contribution in [0.15, 0.2) is 0 Å². The summed E-state index contributed by atoms with van der Waals surface area (Å²) in [6.07, 6.45) is 3.57. The summed E-state index contributed by atoms with van der Waals surface area (Å²) < 4.78 is 12.2. The van der Waals surface area contributed by atoms with Crippen molar-refractivity contribution in [2.24, 2.45) is 5.92 Å². The number of hydrogen-bond acceptors (Lipinski definition) is 4. The molecule has 0 radical (unpaired) electrons. The molecule has 0 bridgehead atoms. The molecule has 2 rings (SSSR count). The van der Waals surface area contributed by atoms with E-state index in [1.807, 2.05) is 11.8 Å². The summed E-state index contributed by atoms with van der Waals surface area (Å²) in [4.78, 5) is 0. The van der Waals surface area contributed by atoms with Crippen LogP contribution in [0.4, 0.5) is 0 Å². The Morgan fingerprint density at radius 1 is 1.45 bits per heavy atom. The molecular formula is C16H31NO2S. The second-order valence-electron chi connectivity index (χ2n) is 6.66. The van der Waals surface area contributed by atoms with Gasteiger partial charge < -0.3 is 14.8 Å². The molecule has 4 heteroatoms. The predicted octanol–water partition coefficient (Wildman–Crippen LogP) is 3.08. The maximum Gasteiger partial charge on any atom is 0.0783 e. The van der Waals surface area contributed by atoms with E-state index in [-0.39, 0.29) is 11.2 Å². The van der Waals surface area contributed by atoms with Gasteiger partial charge in [0.05, 0.1) is 11.2 Å². The zero-order valence-corrected chi connectivity index (χ0v) is 14.4. The third-order valence-corrected chi connectivity index (χ3v) is 5.98. The van der Waals surface area contributed by atoms with Crippen molar-refractivity contribution in [2.75, 3.05) is 31.3 Å². The van der Waals surface area contributed by atoms with E-state index in [4.69, 9.17) is 9.47 Å². The number of thioether (sulfide) groups is 1. The minimum atomic E-state index is -0.111. The van der Waals surface area contributed by atoms with E-state index in [0.29, 0.717) is 12.0 Å². The Balaban J connectivity index is 2.08. The molecule has 2 fully saturated rings. The number of nitrogens with one attached hydrogen (secondary N) is 1. The van der Waals surface area contributed by atoms with Crippen molar-refractivity contribution in [3.8, 4) is 0 Å². The molecule has 2 saturated heterocycles. The maximum atomic E-state index is 6.17. The third kappa shape index (κ3) is 3.70.